The molecular weight excluding hydrogens is 344 g/mol. The van der Waals surface area contributed by atoms with Crippen LogP contribution in [0.4, 0.5) is 14.5 Å². The molecule has 0 saturated carbocycles. The van der Waals surface area contributed by atoms with Gasteiger partial charge < -0.3 is 10.1 Å². The summed E-state index contributed by atoms with van der Waals surface area (Å²) < 4.78 is 29.8. The van der Waals surface area contributed by atoms with E-state index in [0.29, 0.717) is 33.1 Å². The van der Waals surface area contributed by atoms with Gasteiger partial charge in [0, 0.05) is 10.6 Å². The Bertz CT molecular complexity index is 680. The summed E-state index contributed by atoms with van der Waals surface area (Å²) in [7, 11) is 0. The van der Waals surface area contributed by atoms with Crippen LogP contribution in [-0.4, -0.2) is 18.3 Å². The average Bonchev–Trinajstić information content (AvgIpc) is 2.50. The van der Waals surface area contributed by atoms with Crippen LogP contribution in [-0.2, 0) is 4.79 Å². The molecule has 0 aliphatic carbocycles. The maximum Gasteiger partial charge on any atom is 0.288 e. The van der Waals surface area contributed by atoms with Gasteiger partial charge in [0.2, 0.25) is 0 Å². The molecule has 2 aromatic carbocycles. The van der Waals surface area contributed by atoms with Gasteiger partial charge in [-0.05, 0) is 48.9 Å². The predicted octanol–water partition coefficient (Wildman–Crippen LogP) is 4.98. The number of thioether (sulfide) groups is 1. The molecule has 1 amide bonds. The normalized spacial score (nSPS) is 10.7. The second-order valence-electron chi connectivity index (χ2n) is 4.67. The quantitative estimate of drug-likeness (QED) is 0.741. The fourth-order valence-corrected chi connectivity index (χ4v) is 2.45. The zero-order chi connectivity index (χ0) is 16.8. The molecule has 0 heterocycles. The number of benzene rings is 2. The van der Waals surface area contributed by atoms with Crippen molar-refractivity contribution in [3.05, 3.63) is 53.1 Å². The molecule has 0 bridgehead atoms. The van der Waals surface area contributed by atoms with Crippen LogP contribution in [0.3, 0.4) is 0 Å². The Kier molecular flexibility index (Phi) is 6.24. The Morgan fingerprint density at radius 2 is 1.96 bits per heavy atom. The minimum absolute atomic E-state index is 0.198. The van der Waals surface area contributed by atoms with Crippen molar-refractivity contribution in [3.8, 4) is 5.75 Å². The third-order valence-electron chi connectivity index (χ3n) is 2.81. The zero-order valence-corrected chi connectivity index (χ0v) is 13.8. The van der Waals surface area contributed by atoms with Gasteiger partial charge in [-0.25, -0.2) is 0 Å². The summed E-state index contributed by atoms with van der Waals surface area (Å²) in [5, 5.41) is 3.05. The van der Waals surface area contributed by atoms with Crippen molar-refractivity contribution in [2.24, 2.45) is 0 Å². The van der Waals surface area contributed by atoms with Crippen molar-refractivity contribution in [2.75, 3.05) is 11.9 Å². The van der Waals surface area contributed by atoms with Crippen LogP contribution >= 0.6 is 23.4 Å². The SMILES string of the molecule is Cc1ccc(Cl)c(OCC(=O)Nc2ccc(SC(F)F)cc2)c1. The topological polar surface area (TPSA) is 38.3 Å². The molecule has 0 radical (unpaired) electrons. The molecule has 1 N–H and O–H groups in total. The van der Waals surface area contributed by atoms with E-state index < -0.39 is 5.76 Å². The number of alkyl halides is 2. The van der Waals surface area contributed by atoms with Crippen molar-refractivity contribution in [3.63, 3.8) is 0 Å². The Hall–Kier alpha value is -1.79. The van der Waals surface area contributed by atoms with E-state index in [1.807, 2.05) is 13.0 Å². The van der Waals surface area contributed by atoms with E-state index in [4.69, 9.17) is 16.3 Å². The molecule has 122 valence electrons. The zero-order valence-electron chi connectivity index (χ0n) is 12.2. The van der Waals surface area contributed by atoms with Gasteiger partial charge in [-0.3, -0.25) is 4.79 Å². The van der Waals surface area contributed by atoms with Crippen LogP contribution in [0.15, 0.2) is 47.4 Å². The van der Waals surface area contributed by atoms with Crippen LogP contribution < -0.4 is 10.1 Å². The van der Waals surface area contributed by atoms with E-state index in [-0.39, 0.29) is 12.5 Å². The minimum atomic E-state index is -2.47. The Balaban J connectivity index is 1.88. The molecule has 3 nitrogen and oxygen atoms in total. The molecule has 0 fully saturated rings. The highest BCUT2D eigenvalue weighted by molar-refractivity contribution is 7.99. The molecule has 0 aliphatic rings. The maximum absolute atomic E-state index is 12.2. The number of amides is 1. The summed E-state index contributed by atoms with van der Waals surface area (Å²) in [5.41, 5.74) is 1.48. The number of carbonyl (C=O) groups excluding carboxylic acids is 1. The lowest BCUT2D eigenvalue weighted by atomic mass is 10.2. The second kappa shape index (κ2) is 8.17. The molecule has 0 aromatic heterocycles. The summed E-state index contributed by atoms with van der Waals surface area (Å²) in [6.45, 7) is 1.69. The Labute approximate surface area is 142 Å². The van der Waals surface area contributed by atoms with Crippen LogP contribution in [0.2, 0.25) is 5.02 Å². The van der Waals surface area contributed by atoms with E-state index in [0.717, 1.165) is 5.56 Å². The summed E-state index contributed by atoms with van der Waals surface area (Å²) in [5.74, 6) is -2.40. The molecule has 23 heavy (non-hydrogen) atoms. The maximum atomic E-state index is 12.2. The van der Waals surface area contributed by atoms with E-state index in [1.165, 1.54) is 12.1 Å². The standard InChI is InChI=1S/C16H14ClF2NO2S/c1-10-2-7-13(17)14(8-10)22-9-15(21)20-11-3-5-12(6-4-11)23-16(18)19/h2-8,16H,9H2,1H3,(H,20,21). The summed E-state index contributed by atoms with van der Waals surface area (Å²) >= 11 is 6.43. The summed E-state index contributed by atoms with van der Waals surface area (Å²) in [6.07, 6.45) is 0. The van der Waals surface area contributed by atoms with E-state index in [2.05, 4.69) is 5.32 Å². The first-order valence-corrected chi connectivity index (χ1v) is 7.93. The molecule has 0 spiro atoms. The molecule has 2 aromatic rings. The number of ether oxygens (including phenoxy) is 1. The van der Waals surface area contributed by atoms with Crippen LogP contribution in [0.5, 0.6) is 5.75 Å². The third kappa shape index (κ3) is 5.73. The minimum Gasteiger partial charge on any atom is -0.482 e. The second-order valence-corrected chi connectivity index (χ2v) is 6.14. The molecule has 7 heteroatoms. The van der Waals surface area contributed by atoms with Crippen LogP contribution in [0, 0.1) is 6.92 Å². The summed E-state index contributed by atoms with van der Waals surface area (Å²) in [4.78, 5) is 12.3. The first kappa shape index (κ1) is 17.6. The number of rotatable bonds is 6. The van der Waals surface area contributed by atoms with E-state index in [9.17, 15) is 13.6 Å². The molecular formula is C16H14ClF2NO2S. The summed E-state index contributed by atoms with van der Waals surface area (Å²) in [6, 6.07) is 11.4. The smallest absolute Gasteiger partial charge is 0.288 e. The molecule has 2 rings (SSSR count). The van der Waals surface area contributed by atoms with Gasteiger partial charge in [0.1, 0.15) is 5.75 Å². The molecule has 0 saturated heterocycles. The number of aryl methyl sites for hydroxylation is 1. The van der Waals surface area contributed by atoms with Gasteiger partial charge in [-0.2, -0.15) is 8.78 Å². The fourth-order valence-electron chi connectivity index (χ4n) is 1.78. The van der Waals surface area contributed by atoms with Gasteiger partial charge in [-0.15, -0.1) is 0 Å². The molecule has 0 unspecified atom stereocenters. The largest absolute Gasteiger partial charge is 0.482 e. The Morgan fingerprint density at radius 1 is 1.26 bits per heavy atom. The lowest BCUT2D eigenvalue weighted by Gasteiger charge is -2.10. The van der Waals surface area contributed by atoms with Gasteiger partial charge in [0.05, 0.1) is 5.02 Å². The van der Waals surface area contributed by atoms with E-state index >= 15 is 0 Å². The Morgan fingerprint density at radius 3 is 2.61 bits per heavy atom. The van der Waals surface area contributed by atoms with Gasteiger partial charge >= 0.3 is 0 Å². The number of hydrogen-bond acceptors (Lipinski definition) is 3. The van der Waals surface area contributed by atoms with Crippen molar-refractivity contribution in [1.82, 2.24) is 0 Å². The monoisotopic (exact) mass is 357 g/mol. The fraction of sp³-hybridized carbons (Fsp3) is 0.188. The van der Waals surface area contributed by atoms with Crippen LogP contribution in [0.1, 0.15) is 5.56 Å². The third-order valence-corrected chi connectivity index (χ3v) is 3.84. The lowest BCUT2D eigenvalue weighted by molar-refractivity contribution is -0.118. The highest BCUT2D eigenvalue weighted by Gasteiger charge is 2.08. The van der Waals surface area contributed by atoms with Gasteiger partial charge in [0.25, 0.3) is 11.7 Å². The number of nitrogens with one attached hydrogen (secondary N) is 1. The number of hydrogen-bond donors (Lipinski definition) is 1. The first-order chi connectivity index (χ1) is 10.9. The highest BCUT2D eigenvalue weighted by Crippen LogP contribution is 2.27. The highest BCUT2D eigenvalue weighted by atomic mass is 35.5. The predicted molar refractivity (Wildman–Crippen MR) is 88.6 cm³/mol. The van der Waals surface area contributed by atoms with E-state index in [1.54, 1.807) is 24.3 Å². The van der Waals surface area contributed by atoms with Crippen molar-refractivity contribution >= 4 is 35.0 Å². The first-order valence-electron chi connectivity index (χ1n) is 6.68. The van der Waals surface area contributed by atoms with Crippen molar-refractivity contribution in [1.29, 1.82) is 0 Å². The molecule has 0 aliphatic heterocycles. The lowest BCUT2D eigenvalue weighted by Crippen LogP contribution is -2.20. The average molecular weight is 358 g/mol. The van der Waals surface area contributed by atoms with Crippen molar-refractivity contribution in [2.45, 2.75) is 17.6 Å². The molecule has 0 atom stereocenters. The number of anilines is 1. The van der Waals surface area contributed by atoms with Gasteiger partial charge in [-0.1, -0.05) is 29.4 Å². The van der Waals surface area contributed by atoms with Gasteiger partial charge in [0.15, 0.2) is 6.61 Å². The van der Waals surface area contributed by atoms with Crippen LogP contribution in [0.25, 0.3) is 0 Å². The van der Waals surface area contributed by atoms with Crippen molar-refractivity contribution < 1.29 is 18.3 Å². The number of halogens is 3. The number of carbonyl (C=O) groups is 1.